The summed E-state index contributed by atoms with van der Waals surface area (Å²) < 4.78 is 0. The number of nitrogens with zero attached hydrogens (tertiary/aromatic N) is 4. The third-order valence-corrected chi connectivity index (χ3v) is 5.02. The fraction of sp³-hybridized carbons (Fsp3) is 0.333. The van der Waals surface area contributed by atoms with Gasteiger partial charge in [0.25, 0.3) is 0 Å². The van der Waals surface area contributed by atoms with Crippen molar-refractivity contribution in [3.05, 3.63) is 53.6 Å². The second kappa shape index (κ2) is 7.61. The van der Waals surface area contributed by atoms with E-state index < -0.39 is 0 Å². The number of rotatable bonds is 4. The second-order valence-electron chi connectivity index (χ2n) is 7.14. The highest BCUT2D eigenvalue weighted by atomic mass is 35.5. The van der Waals surface area contributed by atoms with Crippen LogP contribution < -0.4 is 15.1 Å². The maximum atomic E-state index is 6.00. The summed E-state index contributed by atoms with van der Waals surface area (Å²) in [5, 5.41) is 5.30. The maximum absolute atomic E-state index is 6.00. The van der Waals surface area contributed by atoms with Crippen LogP contribution in [0, 0.1) is 0 Å². The molecule has 140 valence electrons. The highest BCUT2D eigenvalue weighted by Crippen LogP contribution is 2.26. The summed E-state index contributed by atoms with van der Waals surface area (Å²) in [5.74, 6) is 1.71. The van der Waals surface area contributed by atoms with E-state index in [0.717, 1.165) is 53.9 Å². The van der Waals surface area contributed by atoms with Gasteiger partial charge in [0.1, 0.15) is 5.82 Å². The quantitative estimate of drug-likeness (QED) is 0.724. The lowest BCUT2D eigenvalue weighted by Crippen LogP contribution is -2.47. The number of anilines is 3. The fourth-order valence-electron chi connectivity index (χ4n) is 3.41. The van der Waals surface area contributed by atoms with Crippen molar-refractivity contribution in [2.45, 2.75) is 19.9 Å². The molecule has 5 nitrogen and oxygen atoms in total. The fourth-order valence-corrected chi connectivity index (χ4v) is 3.53. The first-order valence-electron chi connectivity index (χ1n) is 9.39. The van der Waals surface area contributed by atoms with Gasteiger partial charge in [-0.25, -0.2) is 4.98 Å². The zero-order chi connectivity index (χ0) is 18.8. The Morgan fingerprint density at radius 1 is 0.889 bits per heavy atom. The predicted molar refractivity (Wildman–Crippen MR) is 114 cm³/mol. The lowest BCUT2D eigenvalue weighted by Gasteiger charge is -2.36. The topological polar surface area (TPSA) is 44.3 Å². The molecule has 4 rings (SSSR count). The summed E-state index contributed by atoms with van der Waals surface area (Å²) in [4.78, 5) is 14.3. The van der Waals surface area contributed by atoms with Crippen LogP contribution in [0.5, 0.6) is 0 Å². The number of benzene rings is 2. The molecule has 1 aromatic heterocycles. The van der Waals surface area contributed by atoms with E-state index in [1.54, 1.807) is 0 Å². The Hall–Kier alpha value is -2.53. The molecule has 1 fully saturated rings. The molecule has 0 amide bonds. The number of aromatic nitrogens is 2. The van der Waals surface area contributed by atoms with Gasteiger partial charge in [0.2, 0.25) is 5.95 Å². The Balaban J connectivity index is 1.55. The molecule has 0 atom stereocenters. The molecule has 27 heavy (non-hydrogen) atoms. The van der Waals surface area contributed by atoms with Gasteiger partial charge in [-0.05, 0) is 50.2 Å². The summed E-state index contributed by atoms with van der Waals surface area (Å²) in [5.41, 5.74) is 2.19. The van der Waals surface area contributed by atoms with E-state index in [1.807, 2.05) is 24.3 Å². The van der Waals surface area contributed by atoms with Gasteiger partial charge in [0.15, 0.2) is 0 Å². The van der Waals surface area contributed by atoms with Crippen LogP contribution in [0.4, 0.5) is 17.5 Å². The summed E-state index contributed by atoms with van der Waals surface area (Å²) in [7, 11) is 0. The number of halogens is 1. The molecule has 1 aliphatic rings. The van der Waals surface area contributed by atoms with E-state index in [4.69, 9.17) is 21.6 Å². The van der Waals surface area contributed by atoms with E-state index in [2.05, 4.69) is 53.2 Å². The normalized spacial score (nSPS) is 14.8. The molecule has 3 aromatic rings. The Bertz CT molecular complexity index is 918. The molecule has 1 N–H and O–H groups in total. The van der Waals surface area contributed by atoms with Crippen molar-refractivity contribution in [2.24, 2.45) is 0 Å². The minimum Gasteiger partial charge on any atom is -0.368 e. The Morgan fingerprint density at radius 3 is 2.26 bits per heavy atom. The van der Waals surface area contributed by atoms with Crippen LogP contribution in [0.1, 0.15) is 13.8 Å². The number of hydrogen-bond acceptors (Lipinski definition) is 5. The van der Waals surface area contributed by atoms with E-state index in [0.29, 0.717) is 6.04 Å². The number of hydrogen-bond donors (Lipinski definition) is 1. The zero-order valence-corrected chi connectivity index (χ0v) is 16.4. The first-order valence-corrected chi connectivity index (χ1v) is 9.77. The molecule has 0 bridgehead atoms. The van der Waals surface area contributed by atoms with Crippen LogP contribution in [0.25, 0.3) is 10.9 Å². The van der Waals surface area contributed by atoms with Crippen LogP contribution in [0.2, 0.25) is 5.02 Å². The number of para-hydroxylation sites is 1. The molecule has 0 unspecified atom stereocenters. The SMILES string of the molecule is CC(C)Nc1nc(N2CCN(c3ccc(Cl)cc3)CC2)nc2ccccc12. The van der Waals surface area contributed by atoms with Gasteiger partial charge in [-0.3, -0.25) is 0 Å². The molecule has 2 aromatic carbocycles. The van der Waals surface area contributed by atoms with Crippen molar-refractivity contribution in [1.29, 1.82) is 0 Å². The number of piperazine rings is 1. The predicted octanol–water partition coefficient (Wildman–Crippen LogP) is 4.43. The molecule has 0 spiro atoms. The van der Waals surface area contributed by atoms with Gasteiger partial charge in [-0.15, -0.1) is 0 Å². The lowest BCUT2D eigenvalue weighted by atomic mass is 10.2. The standard InChI is InChI=1S/C21H24ClN5/c1-15(2)23-20-18-5-3-4-6-19(18)24-21(25-20)27-13-11-26(12-14-27)17-9-7-16(22)8-10-17/h3-10,15H,11-14H2,1-2H3,(H,23,24,25). The van der Waals surface area contributed by atoms with Gasteiger partial charge < -0.3 is 15.1 Å². The highest BCUT2D eigenvalue weighted by Gasteiger charge is 2.20. The highest BCUT2D eigenvalue weighted by molar-refractivity contribution is 6.30. The molecule has 1 aliphatic heterocycles. The lowest BCUT2D eigenvalue weighted by molar-refractivity contribution is 0.641. The van der Waals surface area contributed by atoms with Crippen molar-refractivity contribution in [2.75, 3.05) is 41.3 Å². The van der Waals surface area contributed by atoms with Gasteiger partial charge in [0, 0.05) is 48.3 Å². The molecule has 0 aliphatic carbocycles. The van der Waals surface area contributed by atoms with Crippen LogP contribution in [-0.2, 0) is 0 Å². The van der Waals surface area contributed by atoms with Crippen LogP contribution in [0.3, 0.4) is 0 Å². The van der Waals surface area contributed by atoms with Gasteiger partial charge in [0.05, 0.1) is 5.52 Å². The minimum atomic E-state index is 0.318. The average Bonchev–Trinajstić information content (AvgIpc) is 2.68. The van der Waals surface area contributed by atoms with Crippen molar-refractivity contribution in [3.8, 4) is 0 Å². The Kier molecular flexibility index (Phi) is 5.03. The molecular weight excluding hydrogens is 358 g/mol. The van der Waals surface area contributed by atoms with Gasteiger partial charge in [-0.1, -0.05) is 23.7 Å². The van der Waals surface area contributed by atoms with Crippen molar-refractivity contribution < 1.29 is 0 Å². The smallest absolute Gasteiger partial charge is 0.228 e. The van der Waals surface area contributed by atoms with Crippen LogP contribution >= 0.6 is 11.6 Å². The van der Waals surface area contributed by atoms with Crippen molar-refractivity contribution >= 4 is 40.0 Å². The third-order valence-electron chi connectivity index (χ3n) is 4.77. The Morgan fingerprint density at radius 2 is 1.56 bits per heavy atom. The third kappa shape index (κ3) is 3.93. The number of nitrogens with one attached hydrogen (secondary N) is 1. The molecule has 2 heterocycles. The van der Waals surface area contributed by atoms with E-state index >= 15 is 0 Å². The van der Waals surface area contributed by atoms with E-state index in [9.17, 15) is 0 Å². The minimum absolute atomic E-state index is 0.318. The summed E-state index contributed by atoms with van der Waals surface area (Å²) in [6.07, 6.45) is 0. The van der Waals surface area contributed by atoms with Crippen LogP contribution in [0.15, 0.2) is 48.5 Å². The summed E-state index contributed by atoms with van der Waals surface area (Å²) in [6.45, 7) is 7.91. The van der Waals surface area contributed by atoms with Gasteiger partial charge >= 0.3 is 0 Å². The zero-order valence-electron chi connectivity index (χ0n) is 15.7. The first kappa shape index (κ1) is 17.9. The molecule has 0 radical (unpaired) electrons. The molecule has 1 saturated heterocycles. The monoisotopic (exact) mass is 381 g/mol. The van der Waals surface area contributed by atoms with E-state index in [1.165, 1.54) is 5.69 Å². The average molecular weight is 382 g/mol. The maximum Gasteiger partial charge on any atom is 0.228 e. The molecule has 6 heteroatoms. The second-order valence-corrected chi connectivity index (χ2v) is 7.58. The van der Waals surface area contributed by atoms with Crippen molar-refractivity contribution in [3.63, 3.8) is 0 Å². The first-order chi connectivity index (χ1) is 13.1. The van der Waals surface area contributed by atoms with Gasteiger partial charge in [-0.2, -0.15) is 4.98 Å². The van der Waals surface area contributed by atoms with Crippen molar-refractivity contribution in [1.82, 2.24) is 9.97 Å². The molecular formula is C21H24ClN5. The number of fused-ring (bicyclic) bond motifs is 1. The van der Waals surface area contributed by atoms with E-state index in [-0.39, 0.29) is 0 Å². The molecule has 0 saturated carbocycles. The largest absolute Gasteiger partial charge is 0.368 e. The van der Waals surface area contributed by atoms with Crippen LogP contribution in [-0.4, -0.2) is 42.2 Å². The summed E-state index contributed by atoms with van der Waals surface area (Å²) >= 11 is 6.00. The summed E-state index contributed by atoms with van der Waals surface area (Å²) in [6, 6.07) is 16.5. The Labute approximate surface area is 165 Å².